The number of hydrogen-bond acceptors (Lipinski definition) is 2. The van der Waals surface area contributed by atoms with Crippen LogP contribution in [0, 0.1) is 0 Å². The van der Waals surface area contributed by atoms with Crippen molar-refractivity contribution < 1.29 is 5.11 Å². The largest absolute Gasteiger partial charge is 0.382 e. The Bertz CT molecular complexity index is 497. The van der Waals surface area contributed by atoms with Crippen LogP contribution in [0.3, 0.4) is 0 Å². The first kappa shape index (κ1) is 11.8. The number of benzene rings is 2. The molecule has 0 saturated carbocycles. The molecule has 0 aromatic heterocycles. The van der Waals surface area contributed by atoms with Crippen LogP contribution in [0.25, 0.3) is 0 Å². The second-order valence-electron chi connectivity index (χ2n) is 4.68. The lowest BCUT2D eigenvalue weighted by Crippen LogP contribution is -2.07. The molecule has 0 aliphatic carbocycles. The van der Waals surface area contributed by atoms with E-state index in [4.69, 9.17) is 0 Å². The summed E-state index contributed by atoms with van der Waals surface area (Å²) >= 11 is 1.68. The Morgan fingerprint density at radius 1 is 0.833 bits per heavy atom. The zero-order chi connectivity index (χ0) is 12.4. The van der Waals surface area contributed by atoms with Gasteiger partial charge in [-0.15, -0.1) is 11.8 Å². The zero-order valence-electron chi connectivity index (χ0n) is 10.1. The fourth-order valence-electron chi connectivity index (χ4n) is 2.55. The van der Waals surface area contributed by atoms with Gasteiger partial charge < -0.3 is 5.11 Å². The first-order valence-corrected chi connectivity index (χ1v) is 7.22. The van der Waals surface area contributed by atoms with Gasteiger partial charge in [0.15, 0.2) is 0 Å². The minimum absolute atomic E-state index is 0.251. The van der Waals surface area contributed by atoms with Crippen molar-refractivity contribution in [1.29, 1.82) is 0 Å². The third kappa shape index (κ3) is 2.31. The maximum Gasteiger partial charge on any atom is 0.107 e. The highest BCUT2D eigenvalue weighted by atomic mass is 32.2. The number of aliphatic hydroxyl groups excluding tert-OH is 1. The Hall–Kier alpha value is -1.25. The third-order valence-corrected chi connectivity index (χ3v) is 4.92. The van der Waals surface area contributed by atoms with E-state index < -0.39 is 0 Å². The van der Waals surface area contributed by atoms with Gasteiger partial charge in [0.1, 0.15) is 5.44 Å². The molecule has 1 N–H and O–H groups in total. The van der Waals surface area contributed by atoms with E-state index in [-0.39, 0.29) is 11.4 Å². The molecule has 3 rings (SSSR count). The van der Waals surface area contributed by atoms with Gasteiger partial charge in [-0.2, -0.15) is 0 Å². The summed E-state index contributed by atoms with van der Waals surface area (Å²) in [6.07, 6.45) is 1.01. The molecule has 1 nitrogen and oxygen atoms in total. The fourth-order valence-corrected chi connectivity index (χ4v) is 3.98. The van der Waals surface area contributed by atoms with Crippen molar-refractivity contribution in [2.45, 2.75) is 23.0 Å². The van der Waals surface area contributed by atoms with E-state index in [1.807, 2.05) is 24.3 Å². The molecular formula is C16H16OS. The molecule has 1 aliphatic rings. The summed E-state index contributed by atoms with van der Waals surface area (Å²) in [7, 11) is 0. The molecule has 3 atom stereocenters. The Labute approximate surface area is 112 Å². The molecule has 0 radical (unpaired) electrons. The Morgan fingerprint density at radius 3 is 2.00 bits per heavy atom. The van der Waals surface area contributed by atoms with Crippen molar-refractivity contribution in [3.8, 4) is 0 Å². The van der Waals surface area contributed by atoms with E-state index in [1.165, 1.54) is 11.1 Å². The lowest BCUT2D eigenvalue weighted by atomic mass is 9.93. The van der Waals surface area contributed by atoms with Crippen molar-refractivity contribution in [3.05, 3.63) is 71.8 Å². The molecule has 3 unspecified atom stereocenters. The maximum atomic E-state index is 10.2. The molecule has 2 heteroatoms. The molecule has 0 amide bonds. The molecule has 2 aromatic carbocycles. The Kier molecular flexibility index (Phi) is 3.39. The van der Waals surface area contributed by atoms with Crippen LogP contribution in [-0.2, 0) is 0 Å². The summed E-state index contributed by atoms with van der Waals surface area (Å²) in [6.45, 7) is 0. The van der Waals surface area contributed by atoms with Crippen LogP contribution >= 0.6 is 11.8 Å². The van der Waals surface area contributed by atoms with Crippen LogP contribution in [0.1, 0.15) is 28.7 Å². The van der Waals surface area contributed by atoms with Gasteiger partial charge in [-0.3, -0.25) is 0 Å². The van der Waals surface area contributed by atoms with Gasteiger partial charge in [0.25, 0.3) is 0 Å². The quantitative estimate of drug-likeness (QED) is 0.877. The van der Waals surface area contributed by atoms with Gasteiger partial charge >= 0.3 is 0 Å². The smallest absolute Gasteiger partial charge is 0.107 e. The van der Waals surface area contributed by atoms with Gasteiger partial charge in [0.2, 0.25) is 0 Å². The molecule has 0 spiro atoms. The average Bonchev–Trinajstić information content (AvgIpc) is 2.83. The van der Waals surface area contributed by atoms with E-state index in [1.54, 1.807) is 11.8 Å². The minimum atomic E-state index is -0.294. The van der Waals surface area contributed by atoms with E-state index in [0.29, 0.717) is 5.25 Å². The molecule has 1 fully saturated rings. The number of hydrogen-bond donors (Lipinski definition) is 1. The van der Waals surface area contributed by atoms with Crippen LogP contribution < -0.4 is 0 Å². The Balaban J connectivity index is 1.81. The summed E-state index contributed by atoms with van der Waals surface area (Å²) in [4.78, 5) is 0. The van der Waals surface area contributed by atoms with Crippen LogP contribution in [0.2, 0.25) is 0 Å². The standard InChI is InChI=1S/C16H16OS/c17-16-14(12-7-3-1-4-8-12)11-15(18-16)13-9-5-2-6-10-13/h1-10,14-17H,11H2. The minimum Gasteiger partial charge on any atom is -0.382 e. The SMILES string of the molecule is OC1SC(c2ccccc2)CC1c1ccccc1. The summed E-state index contributed by atoms with van der Waals surface area (Å²) in [5.41, 5.74) is 2.27. The van der Waals surface area contributed by atoms with Gasteiger partial charge in [0.05, 0.1) is 0 Å². The molecular weight excluding hydrogens is 240 g/mol. The van der Waals surface area contributed by atoms with Crippen LogP contribution in [0.15, 0.2) is 60.7 Å². The molecule has 1 heterocycles. The highest BCUT2D eigenvalue weighted by Gasteiger charge is 2.35. The summed E-state index contributed by atoms with van der Waals surface area (Å²) < 4.78 is 0. The lowest BCUT2D eigenvalue weighted by molar-refractivity contribution is 0.235. The second-order valence-corrected chi connectivity index (χ2v) is 6.00. The molecule has 2 aromatic rings. The van der Waals surface area contributed by atoms with Crippen molar-refractivity contribution >= 4 is 11.8 Å². The van der Waals surface area contributed by atoms with E-state index in [0.717, 1.165) is 6.42 Å². The van der Waals surface area contributed by atoms with Gasteiger partial charge in [-0.1, -0.05) is 60.7 Å². The molecule has 1 saturated heterocycles. The van der Waals surface area contributed by atoms with Crippen molar-refractivity contribution in [2.24, 2.45) is 0 Å². The van der Waals surface area contributed by atoms with Crippen LogP contribution in [0.4, 0.5) is 0 Å². The summed E-state index contributed by atoms with van der Waals surface area (Å²) in [6, 6.07) is 20.8. The highest BCUT2D eigenvalue weighted by Crippen LogP contribution is 2.50. The van der Waals surface area contributed by atoms with Crippen LogP contribution in [-0.4, -0.2) is 10.5 Å². The second kappa shape index (κ2) is 5.17. The predicted octanol–water partition coefficient (Wildman–Crippen LogP) is 3.97. The van der Waals surface area contributed by atoms with Crippen molar-refractivity contribution in [3.63, 3.8) is 0 Å². The highest BCUT2D eigenvalue weighted by molar-refractivity contribution is 8.00. The van der Waals surface area contributed by atoms with Gasteiger partial charge in [-0.05, 0) is 17.5 Å². The van der Waals surface area contributed by atoms with Crippen molar-refractivity contribution in [2.75, 3.05) is 0 Å². The van der Waals surface area contributed by atoms with E-state index >= 15 is 0 Å². The summed E-state index contributed by atoms with van der Waals surface area (Å²) in [5.74, 6) is 0.251. The van der Waals surface area contributed by atoms with Crippen LogP contribution in [0.5, 0.6) is 0 Å². The number of rotatable bonds is 2. The maximum absolute atomic E-state index is 10.2. The van der Waals surface area contributed by atoms with Gasteiger partial charge in [0, 0.05) is 11.2 Å². The molecule has 18 heavy (non-hydrogen) atoms. The normalized spacial score (nSPS) is 27.3. The predicted molar refractivity (Wildman–Crippen MR) is 76.6 cm³/mol. The molecule has 92 valence electrons. The molecule has 1 aliphatic heterocycles. The zero-order valence-corrected chi connectivity index (χ0v) is 10.9. The Morgan fingerprint density at radius 2 is 1.39 bits per heavy atom. The lowest BCUT2D eigenvalue weighted by Gasteiger charge is -2.13. The number of aliphatic hydroxyl groups is 1. The van der Waals surface area contributed by atoms with E-state index in [2.05, 4.69) is 36.4 Å². The molecule has 0 bridgehead atoms. The van der Waals surface area contributed by atoms with Crippen molar-refractivity contribution in [1.82, 2.24) is 0 Å². The fraction of sp³-hybridized carbons (Fsp3) is 0.250. The monoisotopic (exact) mass is 256 g/mol. The topological polar surface area (TPSA) is 20.2 Å². The van der Waals surface area contributed by atoms with Gasteiger partial charge in [-0.25, -0.2) is 0 Å². The summed E-state index contributed by atoms with van der Waals surface area (Å²) in [5, 5.41) is 10.6. The third-order valence-electron chi connectivity index (χ3n) is 3.51. The first-order valence-electron chi connectivity index (χ1n) is 6.28. The first-order chi connectivity index (χ1) is 8.84. The average molecular weight is 256 g/mol. The van der Waals surface area contributed by atoms with E-state index in [9.17, 15) is 5.11 Å². The number of thioether (sulfide) groups is 1.